The number of rotatable bonds is 7. The molecule has 2 aromatic carbocycles. The average molecular weight is 446 g/mol. The molecule has 1 fully saturated rings. The van der Waals surface area contributed by atoms with Crippen molar-refractivity contribution < 1.29 is 19.4 Å². The standard InChI is InChI=1S/C24H27NO5.ClH/c26-20-11-10-19-21(27)16-22(30-24(19)23(20)28)17-6-8-18(9-7-17)29-15-5-4-14-25-12-2-1-3-13-25;/h6-11,16,26,28H,1-5,12-15H2;1H. The third-order valence-corrected chi connectivity index (χ3v) is 5.57. The van der Waals surface area contributed by atoms with Gasteiger partial charge in [-0.2, -0.15) is 0 Å². The van der Waals surface area contributed by atoms with E-state index in [0.29, 0.717) is 17.9 Å². The van der Waals surface area contributed by atoms with Crippen LogP contribution in [0.3, 0.4) is 0 Å². The lowest BCUT2D eigenvalue weighted by atomic mass is 10.1. The Labute approximate surface area is 187 Å². The van der Waals surface area contributed by atoms with Crippen LogP contribution < -0.4 is 10.2 Å². The van der Waals surface area contributed by atoms with Crippen LogP contribution in [-0.2, 0) is 0 Å². The number of hydrogen-bond donors (Lipinski definition) is 2. The third-order valence-electron chi connectivity index (χ3n) is 5.57. The van der Waals surface area contributed by atoms with E-state index in [9.17, 15) is 15.0 Å². The van der Waals surface area contributed by atoms with Crippen LogP contribution in [-0.4, -0.2) is 41.4 Å². The minimum Gasteiger partial charge on any atom is -0.504 e. The Hall–Kier alpha value is -2.70. The third kappa shape index (κ3) is 5.51. The van der Waals surface area contributed by atoms with Crippen LogP contribution in [0.15, 0.2) is 51.7 Å². The number of fused-ring (bicyclic) bond motifs is 1. The Bertz CT molecular complexity index is 1060. The second-order valence-electron chi connectivity index (χ2n) is 7.77. The molecule has 0 atom stereocenters. The van der Waals surface area contributed by atoms with Gasteiger partial charge < -0.3 is 24.3 Å². The predicted molar refractivity (Wildman–Crippen MR) is 124 cm³/mol. The summed E-state index contributed by atoms with van der Waals surface area (Å²) in [6.07, 6.45) is 6.15. The van der Waals surface area contributed by atoms with Crippen LogP contribution in [0, 0.1) is 0 Å². The van der Waals surface area contributed by atoms with Crippen LogP contribution >= 0.6 is 12.4 Å². The maximum Gasteiger partial charge on any atom is 0.201 e. The first-order chi connectivity index (χ1) is 14.6. The summed E-state index contributed by atoms with van der Waals surface area (Å²) in [6.45, 7) is 4.27. The first-order valence-corrected chi connectivity index (χ1v) is 10.6. The number of nitrogens with zero attached hydrogens (tertiary/aromatic N) is 1. The van der Waals surface area contributed by atoms with Crippen LogP contribution in [0.2, 0.25) is 0 Å². The lowest BCUT2D eigenvalue weighted by molar-refractivity contribution is 0.216. The van der Waals surface area contributed by atoms with E-state index >= 15 is 0 Å². The zero-order valence-corrected chi connectivity index (χ0v) is 18.2. The Morgan fingerprint density at radius 1 is 0.968 bits per heavy atom. The smallest absolute Gasteiger partial charge is 0.201 e. The molecule has 2 heterocycles. The number of halogens is 1. The fraction of sp³-hybridized carbons (Fsp3) is 0.375. The molecule has 1 aliphatic heterocycles. The van der Waals surface area contributed by atoms with Gasteiger partial charge in [-0.3, -0.25) is 4.79 Å². The van der Waals surface area contributed by atoms with Crippen LogP contribution in [0.4, 0.5) is 0 Å². The molecule has 1 aromatic heterocycles. The number of phenols is 2. The van der Waals surface area contributed by atoms with Crippen molar-refractivity contribution >= 4 is 23.4 Å². The minimum absolute atomic E-state index is 0. The van der Waals surface area contributed by atoms with Gasteiger partial charge in [-0.1, -0.05) is 6.42 Å². The van der Waals surface area contributed by atoms with Gasteiger partial charge in [-0.25, -0.2) is 0 Å². The molecule has 0 bridgehead atoms. The zero-order chi connectivity index (χ0) is 20.9. The Balaban J connectivity index is 0.00000272. The molecule has 3 aromatic rings. The van der Waals surface area contributed by atoms with E-state index < -0.39 is 5.75 Å². The Kier molecular flexibility index (Phi) is 7.82. The summed E-state index contributed by atoms with van der Waals surface area (Å²) in [6, 6.07) is 11.4. The molecule has 0 amide bonds. The molecule has 166 valence electrons. The molecule has 6 nitrogen and oxygen atoms in total. The monoisotopic (exact) mass is 445 g/mol. The number of benzene rings is 2. The molecule has 1 aliphatic rings. The molecule has 1 saturated heterocycles. The number of likely N-dealkylation sites (tertiary alicyclic amines) is 1. The summed E-state index contributed by atoms with van der Waals surface area (Å²) < 4.78 is 11.5. The lowest BCUT2D eigenvalue weighted by Crippen LogP contribution is -2.30. The summed E-state index contributed by atoms with van der Waals surface area (Å²) in [7, 11) is 0. The van der Waals surface area contributed by atoms with Gasteiger partial charge in [0.05, 0.1) is 12.0 Å². The molecule has 7 heteroatoms. The molecular weight excluding hydrogens is 418 g/mol. The average Bonchev–Trinajstić information content (AvgIpc) is 2.77. The van der Waals surface area contributed by atoms with Crippen molar-refractivity contribution in [1.29, 1.82) is 0 Å². The number of aromatic hydroxyl groups is 2. The van der Waals surface area contributed by atoms with Crippen molar-refractivity contribution in [1.82, 2.24) is 4.90 Å². The molecular formula is C24H28ClNO5. The van der Waals surface area contributed by atoms with E-state index in [4.69, 9.17) is 9.15 Å². The normalized spacial score (nSPS) is 14.3. The zero-order valence-electron chi connectivity index (χ0n) is 17.4. The number of hydrogen-bond acceptors (Lipinski definition) is 6. The lowest BCUT2D eigenvalue weighted by Gasteiger charge is -2.26. The van der Waals surface area contributed by atoms with Crippen molar-refractivity contribution in [2.24, 2.45) is 0 Å². The highest BCUT2D eigenvalue weighted by atomic mass is 35.5. The molecule has 0 spiro atoms. The maximum absolute atomic E-state index is 12.3. The quantitative estimate of drug-likeness (QED) is 0.396. The summed E-state index contributed by atoms with van der Waals surface area (Å²) in [5.41, 5.74) is 0.385. The summed E-state index contributed by atoms with van der Waals surface area (Å²) in [5.74, 6) is 0.324. The number of ether oxygens (including phenoxy) is 1. The summed E-state index contributed by atoms with van der Waals surface area (Å²) in [5, 5.41) is 19.9. The van der Waals surface area contributed by atoms with Gasteiger partial charge in [0.2, 0.25) is 5.75 Å². The first kappa shape index (κ1) is 23.0. The fourth-order valence-electron chi connectivity index (χ4n) is 3.86. The maximum atomic E-state index is 12.3. The van der Waals surface area contributed by atoms with Gasteiger partial charge in [-0.15, -0.1) is 12.4 Å². The second kappa shape index (κ2) is 10.6. The van der Waals surface area contributed by atoms with Gasteiger partial charge in [-0.05, 0) is 81.7 Å². The van der Waals surface area contributed by atoms with E-state index in [1.54, 1.807) is 0 Å². The second-order valence-corrected chi connectivity index (χ2v) is 7.77. The van der Waals surface area contributed by atoms with Crippen LogP contribution in [0.5, 0.6) is 17.2 Å². The van der Waals surface area contributed by atoms with E-state index in [-0.39, 0.29) is 34.6 Å². The molecule has 0 saturated carbocycles. The molecule has 0 aliphatic carbocycles. The molecule has 0 unspecified atom stereocenters. The summed E-state index contributed by atoms with van der Waals surface area (Å²) >= 11 is 0. The van der Waals surface area contributed by atoms with Crippen molar-refractivity contribution in [3.63, 3.8) is 0 Å². The molecule has 31 heavy (non-hydrogen) atoms. The van der Waals surface area contributed by atoms with Gasteiger partial charge in [0.1, 0.15) is 11.5 Å². The highest BCUT2D eigenvalue weighted by Gasteiger charge is 2.13. The van der Waals surface area contributed by atoms with E-state index in [2.05, 4.69) is 4.90 Å². The van der Waals surface area contributed by atoms with Crippen molar-refractivity contribution in [2.45, 2.75) is 32.1 Å². The Morgan fingerprint density at radius 3 is 2.45 bits per heavy atom. The number of unbranched alkanes of at least 4 members (excludes halogenated alkanes) is 1. The van der Waals surface area contributed by atoms with Crippen molar-refractivity contribution in [3.05, 3.63) is 52.7 Å². The Morgan fingerprint density at radius 2 is 1.71 bits per heavy atom. The van der Waals surface area contributed by atoms with Gasteiger partial charge in [0.15, 0.2) is 16.8 Å². The molecule has 2 N–H and O–H groups in total. The minimum atomic E-state index is -0.434. The highest BCUT2D eigenvalue weighted by Crippen LogP contribution is 2.34. The van der Waals surface area contributed by atoms with Gasteiger partial charge in [0, 0.05) is 11.6 Å². The van der Waals surface area contributed by atoms with Gasteiger partial charge in [0.25, 0.3) is 0 Å². The van der Waals surface area contributed by atoms with Crippen LogP contribution in [0.25, 0.3) is 22.3 Å². The van der Waals surface area contributed by atoms with Gasteiger partial charge >= 0.3 is 0 Å². The topological polar surface area (TPSA) is 83.1 Å². The van der Waals surface area contributed by atoms with Crippen LogP contribution in [0.1, 0.15) is 32.1 Å². The molecule has 0 radical (unpaired) electrons. The predicted octanol–water partition coefficient (Wildman–Crippen LogP) is 4.94. The first-order valence-electron chi connectivity index (χ1n) is 10.6. The van der Waals surface area contributed by atoms with E-state index in [1.807, 2.05) is 24.3 Å². The number of phenolic OH excluding ortho intramolecular Hbond substituents is 2. The summed E-state index contributed by atoms with van der Waals surface area (Å²) in [4.78, 5) is 14.9. The fourth-order valence-corrected chi connectivity index (χ4v) is 3.86. The molecule has 4 rings (SSSR count). The van der Waals surface area contributed by atoms with Crippen molar-refractivity contribution in [3.8, 4) is 28.6 Å². The van der Waals surface area contributed by atoms with Crippen molar-refractivity contribution in [2.75, 3.05) is 26.2 Å². The van der Waals surface area contributed by atoms with E-state index in [1.165, 1.54) is 50.6 Å². The SMILES string of the molecule is Cl.O=c1cc(-c2ccc(OCCCCN3CCCCC3)cc2)oc2c(O)c(O)ccc12. The highest BCUT2D eigenvalue weighted by molar-refractivity contribution is 5.86. The largest absolute Gasteiger partial charge is 0.504 e. The number of piperidine rings is 1. The van der Waals surface area contributed by atoms with E-state index in [0.717, 1.165) is 25.1 Å².